The van der Waals surface area contributed by atoms with Gasteiger partial charge >= 0.3 is 0 Å². The van der Waals surface area contributed by atoms with E-state index in [-0.39, 0.29) is 0 Å². The number of allylic oxidation sites excluding steroid dienone is 8. The third-order valence-corrected chi connectivity index (χ3v) is 4.02. The van der Waals surface area contributed by atoms with Crippen molar-refractivity contribution in [2.24, 2.45) is 0 Å². The predicted octanol–water partition coefficient (Wildman–Crippen LogP) is 6.39. The standard InChI is InChI=1S/C19H21I/c1-3-4-6-9-15(2)17-12-18(14-19(20)13-17)16-10-7-5-8-11-16/h4,6-7,9-14H,3,5,8H2,1-2H3/b6-4-,15-9+. The molecule has 1 aliphatic rings. The molecule has 0 spiro atoms. The fourth-order valence-electron chi connectivity index (χ4n) is 2.26. The number of halogens is 1. The smallest absolute Gasteiger partial charge is 0.0142 e. The molecule has 0 nitrogen and oxygen atoms in total. The maximum absolute atomic E-state index is 2.41. The monoisotopic (exact) mass is 376 g/mol. The topological polar surface area (TPSA) is 0 Å². The van der Waals surface area contributed by atoms with Crippen molar-refractivity contribution in [3.05, 3.63) is 69.4 Å². The Morgan fingerprint density at radius 3 is 2.80 bits per heavy atom. The predicted molar refractivity (Wildman–Crippen MR) is 98.6 cm³/mol. The first-order chi connectivity index (χ1) is 9.70. The maximum Gasteiger partial charge on any atom is 0.0142 e. The molecule has 0 aromatic heterocycles. The van der Waals surface area contributed by atoms with Crippen LogP contribution in [0.4, 0.5) is 0 Å². The van der Waals surface area contributed by atoms with E-state index in [0.717, 1.165) is 12.8 Å². The van der Waals surface area contributed by atoms with Crippen molar-refractivity contribution in [2.75, 3.05) is 0 Å². The van der Waals surface area contributed by atoms with Gasteiger partial charge in [0.25, 0.3) is 0 Å². The largest absolute Gasteiger partial charge is 0.0848 e. The molecule has 0 heterocycles. The summed E-state index contributed by atoms with van der Waals surface area (Å²) in [5, 5.41) is 0. The Morgan fingerprint density at radius 2 is 2.10 bits per heavy atom. The van der Waals surface area contributed by atoms with Crippen LogP contribution in [0.1, 0.15) is 44.2 Å². The van der Waals surface area contributed by atoms with Gasteiger partial charge in [0.2, 0.25) is 0 Å². The van der Waals surface area contributed by atoms with Gasteiger partial charge in [0.05, 0.1) is 0 Å². The van der Waals surface area contributed by atoms with Gasteiger partial charge in [0.15, 0.2) is 0 Å². The van der Waals surface area contributed by atoms with Crippen molar-refractivity contribution in [3.63, 3.8) is 0 Å². The highest BCUT2D eigenvalue weighted by Gasteiger charge is 2.05. The third-order valence-electron chi connectivity index (χ3n) is 3.40. The highest BCUT2D eigenvalue weighted by atomic mass is 127. The van der Waals surface area contributed by atoms with Crippen LogP contribution in [0.25, 0.3) is 11.1 Å². The van der Waals surface area contributed by atoms with Gasteiger partial charge in [-0.15, -0.1) is 0 Å². The summed E-state index contributed by atoms with van der Waals surface area (Å²) in [6, 6.07) is 6.82. The number of benzene rings is 1. The van der Waals surface area contributed by atoms with E-state index in [2.05, 4.69) is 91.1 Å². The van der Waals surface area contributed by atoms with Crippen molar-refractivity contribution in [1.29, 1.82) is 0 Å². The molecular weight excluding hydrogens is 355 g/mol. The molecule has 1 aliphatic carbocycles. The van der Waals surface area contributed by atoms with Crippen LogP contribution in [-0.4, -0.2) is 0 Å². The minimum absolute atomic E-state index is 1.08. The minimum Gasteiger partial charge on any atom is -0.0848 e. The van der Waals surface area contributed by atoms with Gasteiger partial charge in [-0.3, -0.25) is 0 Å². The average molecular weight is 376 g/mol. The molecule has 1 heteroatoms. The average Bonchev–Trinajstić information content (AvgIpc) is 2.47. The Morgan fingerprint density at radius 1 is 1.25 bits per heavy atom. The Balaban J connectivity index is 2.33. The van der Waals surface area contributed by atoms with Crippen molar-refractivity contribution < 1.29 is 0 Å². The molecule has 0 fully saturated rings. The quantitative estimate of drug-likeness (QED) is 0.422. The SMILES string of the molecule is CC/C=C\C=C(/C)c1cc(I)cc(C2=CCCC=C2)c1. The van der Waals surface area contributed by atoms with E-state index < -0.39 is 0 Å². The lowest BCUT2D eigenvalue weighted by Crippen LogP contribution is -1.90. The molecule has 0 unspecified atom stereocenters. The summed E-state index contributed by atoms with van der Waals surface area (Å²) >= 11 is 2.41. The molecule has 1 aromatic carbocycles. The van der Waals surface area contributed by atoms with Gasteiger partial charge in [0, 0.05) is 3.57 Å². The van der Waals surface area contributed by atoms with Crippen LogP contribution < -0.4 is 0 Å². The van der Waals surface area contributed by atoms with Crippen LogP contribution in [0.5, 0.6) is 0 Å². The molecule has 2 rings (SSSR count). The van der Waals surface area contributed by atoms with Crippen molar-refractivity contribution in [2.45, 2.75) is 33.1 Å². The molecule has 0 amide bonds. The van der Waals surface area contributed by atoms with Crippen molar-refractivity contribution in [3.8, 4) is 0 Å². The van der Waals surface area contributed by atoms with Crippen LogP contribution in [0.15, 0.2) is 54.7 Å². The first-order valence-corrected chi connectivity index (χ1v) is 8.30. The normalized spacial score (nSPS) is 15.8. The van der Waals surface area contributed by atoms with E-state index in [4.69, 9.17) is 0 Å². The number of hydrogen-bond acceptors (Lipinski definition) is 0. The summed E-state index contributed by atoms with van der Waals surface area (Å²) in [6.07, 6.45) is 16.8. The first-order valence-electron chi connectivity index (χ1n) is 7.22. The van der Waals surface area contributed by atoms with E-state index in [1.807, 2.05) is 0 Å². The lowest BCUT2D eigenvalue weighted by Gasteiger charge is -2.11. The Labute approximate surface area is 136 Å². The summed E-state index contributed by atoms with van der Waals surface area (Å²) in [5.74, 6) is 0. The van der Waals surface area contributed by atoms with Crippen LogP contribution in [0.3, 0.4) is 0 Å². The summed E-state index contributed by atoms with van der Waals surface area (Å²) < 4.78 is 1.29. The maximum atomic E-state index is 2.41. The molecule has 104 valence electrons. The fraction of sp³-hybridized carbons (Fsp3) is 0.263. The highest BCUT2D eigenvalue weighted by molar-refractivity contribution is 14.1. The molecule has 0 saturated heterocycles. The molecule has 20 heavy (non-hydrogen) atoms. The molecule has 0 saturated carbocycles. The molecule has 0 bridgehead atoms. The lowest BCUT2D eigenvalue weighted by atomic mass is 9.96. The molecule has 0 radical (unpaired) electrons. The molecular formula is C19H21I. The summed E-state index contributed by atoms with van der Waals surface area (Å²) in [7, 11) is 0. The van der Waals surface area contributed by atoms with Gasteiger partial charge in [0.1, 0.15) is 0 Å². The van der Waals surface area contributed by atoms with Crippen LogP contribution in [-0.2, 0) is 0 Å². The minimum atomic E-state index is 1.08. The van der Waals surface area contributed by atoms with Crippen LogP contribution in [0.2, 0.25) is 0 Å². The summed E-state index contributed by atoms with van der Waals surface area (Å²) in [4.78, 5) is 0. The number of hydrogen-bond donors (Lipinski definition) is 0. The zero-order chi connectivity index (χ0) is 14.4. The zero-order valence-electron chi connectivity index (χ0n) is 12.2. The van der Waals surface area contributed by atoms with Gasteiger partial charge < -0.3 is 0 Å². The second kappa shape index (κ2) is 7.63. The molecule has 0 atom stereocenters. The van der Waals surface area contributed by atoms with Gasteiger partial charge in [-0.05, 0) is 89.2 Å². The van der Waals surface area contributed by atoms with Crippen LogP contribution >= 0.6 is 22.6 Å². The Bertz CT molecular complexity index is 586. The highest BCUT2D eigenvalue weighted by Crippen LogP contribution is 2.27. The van der Waals surface area contributed by atoms with Gasteiger partial charge in [-0.25, -0.2) is 0 Å². The summed E-state index contributed by atoms with van der Waals surface area (Å²) in [5.41, 5.74) is 5.31. The molecule has 0 aliphatic heterocycles. The van der Waals surface area contributed by atoms with Crippen LogP contribution in [0, 0.1) is 3.57 Å². The number of rotatable bonds is 4. The van der Waals surface area contributed by atoms with E-state index >= 15 is 0 Å². The lowest BCUT2D eigenvalue weighted by molar-refractivity contribution is 1.04. The van der Waals surface area contributed by atoms with Gasteiger partial charge in [-0.1, -0.05) is 43.4 Å². The van der Waals surface area contributed by atoms with Crippen molar-refractivity contribution >= 4 is 33.7 Å². The second-order valence-electron chi connectivity index (χ2n) is 5.05. The Kier molecular flexibility index (Phi) is 5.84. The van der Waals surface area contributed by atoms with E-state index in [0.29, 0.717) is 0 Å². The first kappa shape index (κ1) is 15.3. The summed E-state index contributed by atoms with van der Waals surface area (Å²) in [6.45, 7) is 4.34. The molecule has 1 aromatic rings. The van der Waals surface area contributed by atoms with E-state index in [1.54, 1.807) is 0 Å². The fourth-order valence-corrected chi connectivity index (χ4v) is 2.93. The van der Waals surface area contributed by atoms with E-state index in [9.17, 15) is 0 Å². The van der Waals surface area contributed by atoms with E-state index in [1.165, 1.54) is 32.3 Å². The zero-order valence-corrected chi connectivity index (χ0v) is 14.4. The van der Waals surface area contributed by atoms with Gasteiger partial charge in [-0.2, -0.15) is 0 Å². The Hall–Kier alpha value is -1.09. The second-order valence-corrected chi connectivity index (χ2v) is 6.30. The molecule has 0 N–H and O–H groups in total. The third kappa shape index (κ3) is 4.20. The van der Waals surface area contributed by atoms with Crippen molar-refractivity contribution in [1.82, 2.24) is 0 Å².